The van der Waals surface area contributed by atoms with E-state index >= 15 is 0 Å². The van der Waals surface area contributed by atoms with E-state index in [4.69, 9.17) is 4.74 Å². The van der Waals surface area contributed by atoms with Gasteiger partial charge in [0.2, 0.25) is 0 Å². The van der Waals surface area contributed by atoms with Crippen LogP contribution in [-0.4, -0.2) is 6.61 Å². The number of hydrogen-bond acceptors (Lipinski definition) is 2. The van der Waals surface area contributed by atoms with Crippen LogP contribution < -0.4 is 10.1 Å². The molecule has 0 saturated heterocycles. The summed E-state index contributed by atoms with van der Waals surface area (Å²) in [7, 11) is 0. The Labute approximate surface area is 139 Å². The highest BCUT2D eigenvalue weighted by molar-refractivity contribution is 9.10. The first-order chi connectivity index (χ1) is 10.8. The summed E-state index contributed by atoms with van der Waals surface area (Å²) in [6, 6.07) is 20.9. The Balaban J connectivity index is 1.78. The second-order valence-corrected chi connectivity index (χ2v) is 5.93. The van der Waals surface area contributed by atoms with Gasteiger partial charge in [-0.2, -0.15) is 0 Å². The topological polar surface area (TPSA) is 21.3 Å². The van der Waals surface area contributed by atoms with Crippen molar-refractivity contribution in [2.45, 2.75) is 13.5 Å². The smallest absolute Gasteiger partial charge is 0.133 e. The van der Waals surface area contributed by atoms with E-state index < -0.39 is 0 Å². The second kappa shape index (κ2) is 6.84. The third-order valence-corrected chi connectivity index (χ3v) is 4.19. The van der Waals surface area contributed by atoms with Gasteiger partial charge in [0.05, 0.1) is 11.1 Å². The molecule has 0 aromatic heterocycles. The normalized spacial score (nSPS) is 10.6. The van der Waals surface area contributed by atoms with Gasteiger partial charge in [0.25, 0.3) is 0 Å². The molecule has 2 nitrogen and oxygen atoms in total. The Hall–Kier alpha value is -2.00. The van der Waals surface area contributed by atoms with Crippen molar-refractivity contribution in [2.75, 3.05) is 11.9 Å². The molecule has 0 radical (unpaired) electrons. The third-order valence-electron chi connectivity index (χ3n) is 3.57. The van der Waals surface area contributed by atoms with Crippen molar-refractivity contribution >= 4 is 32.4 Å². The first-order valence-corrected chi connectivity index (χ1v) is 8.20. The van der Waals surface area contributed by atoms with E-state index in [-0.39, 0.29) is 0 Å². The monoisotopic (exact) mass is 355 g/mol. The molecule has 3 heteroatoms. The summed E-state index contributed by atoms with van der Waals surface area (Å²) in [6.45, 7) is 3.44. The number of rotatable bonds is 5. The molecule has 0 amide bonds. The highest BCUT2D eigenvalue weighted by Gasteiger charge is 2.03. The van der Waals surface area contributed by atoms with E-state index in [1.165, 1.54) is 16.3 Å². The summed E-state index contributed by atoms with van der Waals surface area (Å²) in [5, 5.41) is 6.02. The van der Waals surface area contributed by atoms with Crippen LogP contribution in [0.5, 0.6) is 5.75 Å². The summed E-state index contributed by atoms with van der Waals surface area (Å²) < 4.78 is 6.54. The molecule has 0 saturated carbocycles. The summed E-state index contributed by atoms with van der Waals surface area (Å²) in [5.41, 5.74) is 2.37. The first kappa shape index (κ1) is 14.9. The zero-order chi connectivity index (χ0) is 15.4. The van der Waals surface area contributed by atoms with Crippen LogP contribution in [0.2, 0.25) is 0 Å². The molecule has 3 aromatic carbocycles. The second-order valence-electron chi connectivity index (χ2n) is 5.08. The summed E-state index contributed by atoms with van der Waals surface area (Å²) in [6.07, 6.45) is 0. The third kappa shape index (κ3) is 3.25. The summed E-state index contributed by atoms with van der Waals surface area (Å²) in [4.78, 5) is 0. The Morgan fingerprint density at radius 1 is 1.00 bits per heavy atom. The van der Waals surface area contributed by atoms with E-state index in [2.05, 4.69) is 75.8 Å². The van der Waals surface area contributed by atoms with Crippen molar-refractivity contribution in [2.24, 2.45) is 0 Å². The van der Waals surface area contributed by atoms with E-state index in [1.807, 2.05) is 13.0 Å². The van der Waals surface area contributed by atoms with Gasteiger partial charge in [-0.25, -0.2) is 0 Å². The van der Waals surface area contributed by atoms with Gasteiger partial charge < -0.3 is 10.1 Å². The fourth-order valence-corrected chi connectivity index (χ4v) is 3.04. The van der Waals surface area contributed by atoms with E-state index in [0.717, 1.165) is 22.5 Å². The first-order valence-electron chi connectivity index (χ1n) is 7.41. The molecule has 0 atom stereocenters. The molecule has 0 aliphatic heterocycles. The van der Waals surface area contributed by atoms with Crippen LogP contribution in [0.3, 0.4) is 0 Å². The van der Waals surface area contributed by atoms with Gasteiger partial charge in [-0.15, -0.1) is 0 Å². The predicted octanol–water partition coefficient (Wildman–Crippen LogP) is 5.61. The highest BCUT2D eigenvalue weighted by atomic mass is 79.9. The molecule has 0 spiro atoms. The molecule has 0 aliphatic rings. The number of hydrogen-bond donors (Lipinski definition) is 1. The summed E-state index contributed by atoms with van der Waals surface area (Å²) in [5.74, 6) is 0.886. The van der Waals surface area contributed by atoms with Crippen LogP contribution in [0, 0.1) is 0 Å². The molecular formula is C19H18BrNO. The zero-order valence-corrected chi connectivity index (χ0v) is 14.1. The molecule has 0 heterocycles. The highest BCUT2D eigenvalue weighted by Crippen LogP contribution is 2.27. The zero-order valence-electron chi connectivity index (χ0n) is 12.5. The van der Waals surface area contributed by atoms with Gasteiger partial charge >= 0.3 is 0 Å². The molecule has 22 heavy (non-hydrogen) atoms. The minimum atomic E-state index is 0.673. The molecule has 3 rings (SSSR count). The molecular weight excluding hydrogens is 338 g/mol. The maximum atomic E-state index is 5.54. The Morgan fingerprint density at radius 2 is 1.82 bits per heavy atom. The molecule has 0 unspecified atom stereocenters. The molecule has 0 aliphatic carbocycles. The average Bonchev–Trinajstić information content (AvgIpc) is 2.55. The molecule has 0 fully saturated rings. The van der Waals surface area contributed by atoms with Crippen LogP contribution >= 0.6 is 15.9 Å². The number of anilines is 1. The Morgan fingerprint density at radius 3 is 2.64 bits per heavy atom. The van der Waals surface area contributed by atoms with Crippen molar-refractivity contribution in [3.05, 3.63) is 70.7 Å². The van der Waals surface area contributed by atoms with Gasteiger partial charge in [-0.3, -0.25) is 0 Å². The minimum absolute atomic E-state index is 0.673. The lowest BCUT2D eigenvalue weighted by Crippen LogP contribution is -2.00. The lowest BCUT2D eigenvalue weighted by Gasteiger charge is -2.11. The number of benzene rings is 3. The Kier molecular flexibility index (Phi) is 4.64. The van der Waals surface area contributed by atoms with Crippen LogP contribution in [0.25, 0.3) is 10.8 Å². The maximum Gasteiger partial charge on any atom is 0.133 e. The van der Waals surface area contributed by atoms with E-state index in [1.54, 1.807) is 0 Å². The lowest BCUT2D eigenvalue weighted by molar-refractivity contribution is 0.338. The van der Waals surface area contributed by atoms with Crippen molar-refractivity contribution in [3.8, 4) is 5.75 Å². The van der Waals surface area contributed by atoms with Gasteiger partial charge in [0, 0.05) is 17.6 Å². The van der Waals surface area contributed by atoms with E-state index in [0.29, 0.717) is 6.61 Å². The number of fused-ring (bicyclic) bond motifs is 1. The van der Waals surface area contributed by atoms with Crippen molar-refractivity contribution in [1.82, 2.24) is 0 Å². The molecule has 1 N–H and O–H groups in total. The van der Waals surface area contributed by atoms with Crippen molar-refractivity contribution < 1.29 is 4.74 Å². The van der Waals surface area contributed by atoms with Crippen molar-refractivity contribution in [1.29, 1.82) is 0 Å². The SMILES string of the molecule is CCOc1ccc(CNc2cccc3ccccc23)cc1Br. The van der Waals surface area contributed by atoms with Gasteiger partial charge in [0.15, 0.2) is 0 Å². The average molecular weight is 356 g/mol. The van der Waals surface area contributed by atoms with Gasteiger partial charge in [0.1, 0.15) is 5.75 Å². The fourth-order valence-electron chi connectivity index (χ4n) is 2.50. The van der Waals surface area contributed by atoms with Crippen molar-refractivity contribution in [3.63, 3.8) is 0 Å². The Bertz CT molecular complexity index is 780. The van der Waals surface area contributed by atoms with Crippen LogP contribution in [0.1, 0.15) is 12.5 Å². The van der Waals surface area contributed by atoms with Crippen LogP contribution in [0.15, 0.2) is 65.1 Å². The van der Waals surface area contributed by atoms with Crippen LogP contribution in [0.4, 0.5) is 5.69 Å². The molecule has 0 bridgehead atoms. The standard InChI is InChI=1S/C19H18BrNO/c1-2-22-19-11-10-14(12-17(19)20)13-21-18-9-5-7-15-6-3-4-8-16(15)18/h3-12,21H,2,13H2,1H3. The van der Waals surface area contributed by atoms with Crippen LogP contribution in [-0.2, 0) is 6.54 Å². The fraction of sp³-hybridized carbons (Fsp3) is 0.158. The minimum Gasteiger partial charge on any atom is -0.493 e. The molecule has 112 valence electrons. The van der Waals surface area contributed by atoms with Gasteiger partial charge in [-0.05, 0) is 52.0 Å². The quantitative estimate of drug-likeness (QED) is 0.641. The van der Waals surface area contributed by atoms with Gasteiger partial charge in [-0.1, -0.05) is 42.5 Å². The summed E-state index contributed by atoms with van der Waals surface area (Å²) >= 11 is 3.56. The predicted molar refractivity (Wildman–Crippen MR) is 96.6 cm³/mol. The lowest BCUT2D eigenvalue weighted by atomic mass is 10.1. The maximum absolute atomic E-state index is 5.54. The number of ether oxygens (including phenoxy) is 1. The largest absolute Gasteiger partial charge is 0.493 e. The molecule has 3 aromatic rings. The van der Waals surface area contributed by atoms with E-state index in [9.17, 15) is 0 Å². The number of halogens is 1. The number of nitrogens with one attached hydrogen (secondary N) is 1.